The fourth-order valence-electron chi connectivity index (χ4n) is 1.83. The van der Waals surface area contributed by atoms with E-state index in [-0.39, 0.29) is 0 Å². The lowest BCUT2D eigenvalue weighted by atomic mass is 9.67. The Morgan fingerprint density at radius 3 is 2.38 bits per heavy atom. The normalized spacial score (nSPS) is 36.4. The molecular formula is C10H18O3. The van der Waals surface area contributed by atoms with Crippen molar-refractivity contribution in [3.05, 3.63) is 0 Å². The molecule has 2 N–H and O–H groups in total. The largest absolute Gasteiger partial charge is 0.385 e. The molecule has 2 unspecified atom stereocenters. The standard InChI is InChI=1S/C10H18O3/c1-9(2,3)10(13)6-4-5-7(11)8(10)12/h7,11,13H,4-6H2,1-3H3. The molecular weight excluding hydrogens is 168 g/mol. The minimum absolute atomic E-state index is 0.411. The molecule has 0 spiro atoms. The minimum Gasteiger partial charge on any atom is -0.385 e. The predicted molar refractivity (Wildman–Crippen MR) is 49.3 cm³/mol. The van der Waals surface area contributed by atoms with Crippen LogP contribution < -0.4 is 0 Å². The molecule has 3 heteroatoms. The highest BCUT2D eigenvalue weighted by atomic mass is 16.3. The zero-order chi connectivity index (χ0) is 10.3. The van der Waals surface area contributed by atoms with Crippen LogP contribution in [-0.4, -0.2) is 27.7 Å². The third-order valence-corrected chi connectivity index (χ3v) is 2.97. The molecule has 1 rings (SSSR count). The molecule has 0 aromatic heterocycles. The number of ketones is 1. The van der Waals surface area contributed by atoms with E-state index in [2.05, 4.69) is 0 Å². The Kier molecular flexibility index (Phi) is 2.52. The van der Waals surface area contributed by atoms with Crippen molar-refractivity contribution in [1.82, 2.24) is 0 Å². The van der Waals surface area contributed by atoms with E-state index < -0.39 is 22.9 Å². The van der Waals surface area contributed by atoms with Crippen LogP contribution in [0.25, 0.3) is 0 Å². The first kappa shape index (κ1) is 10.7. The predicted octanol–water partition coefficient (Wildman–Crippen LogP) is 0.877. The van der Waals surface area contributed by atoms with Crippen LogP contribution in [0.3, 0.4) is 0 Å². The number of hydrogen-bond acceptors (Lipinski definition) is 3. The summed E-state index contributed by atoms with van der Waals surface area (Å²) in [6.07, 6.45) is 0.683. The minimum atomic E-state index is -1.34. The molecule has 0 radical (unpaired) electrons. The van der Waals surface area contributed by atoms with E-state index in [1.165, 1.54) is 0 Å². The summed E-state index contributed by atoms with van der Waals surface area (Å²) in [5, 5.41) is 19.5. The van der Waals surface area contributed by atoms with Gasteiger partial charge in [-0.1, -0.05) is 20.8 Å². The molecule has 2 atom stereocenters. The van der Waals surface area contributed by atoms with Gasteiger partial charge >= 0.3 is 0 Å². The SMILES string of the molecule is CC(C)(C)C1(O)CCCC(O)C1=O. The van der Waals surface area contributed by atoms with Crippen molar-refractivity contribution in [3.63, 3.8) is 0 Å². The van der Waals surface area contributed by atoms with E-state index in [0.717, 1.165) is 0 Å². The highest BCUT2D eigenvalue weighted by Gasteiger charge is 2.50. The van der Waals surface area contributed by atoms with Gasteiger partial charge in [0.2, 0.25) is 0 Å². The molecule has 0 heterocycles. The quantitative estimate of drug-likeness (QED) is 0.590. The molecule has 0 amide bonds. The summed E-state index contributed by atoms with van der Waals surface area (Å²) in [5.74, 6) is -0.411. The highest BCUT2D eigenvalue weighted by molar-refractivity contribution is 5.92. The number of rotatable bonds is 0. The van der Waals surface area contributed by atoms with E-state index in [4.69, 9.17) is 0 Å². The topological polar surface area (TPSA) is 57.5 Å². The Hall–Kier alpha value is -0.410. The van der Waals surface area contributed by atoms with Gasteiger partial charge in [0.1, 0.15) is 11.7 Å². The first-order valence-electron chi connectivity index (χ1n) is 4.74. The zero-order valence-electron chi connectivity index (χ0n) is 8.50. The molecule has 76 valence electrons. The van der Waals surface area contributed by atoms with Gasteiger partial charge in [0.25, 0.3) is 0 Å². The summed E-state index contributed by atoms with van der Waals surface area (Å²) in [7, 11) is 0. The summed E-state index contributed by atoms with van der Waals surface area (Å²) in [5.41, 5.74) is -1.84. The van der Waals surface area contributed by atoms with Gasteiger partial charge in [-0.25, -0.2) is 0 Å². The first-order valence-corrected chi connectivity index (χ1v) is 4.74. The van der Waals surface area contributed by atoms with Crippen molar-refractivity contribution in [2.24, 2.45) is 5.41 Å². The van der Waals surface area contributed by atoms with Crippen LogP contribution in [0.15, 0.2) is 0 Å². The highest BCUT2D eigenvalue weighted by Crippen LogP contribution is 2.39. The van der Waals surface area contributed by atoms with Crippen LogP contribution in [0.4, 0.5) is 0 Å². The van der Waals surface area contributed by atoms with Crippen LogP contribution in [0.5, 0.6) is 0 Å². The Labute approximate surface area is 78.8 Å². The molecule has 1 aliphatic rings. The van der Waals surface area contributed by atoms with Crippen LogP contribution in [0.1, 0.15) is 40.0 Å². The Morgan fingerprint density at radius 2 is 2.00 bits per heavy atom. The van der Waals surface area contributed by atoms with Crippen molar-refractivity contribution in [2.75, 3.05) is 0 Å². The van der Waals surface area contributed by atoms with Crippen LogP contribution in [0.2, 0.25) is 0 Å². The van der Waals surface area contributed by atoms with E-state index in [0.29, 0.717) is 19.3 Å². The molecule has 13 heavy (non-hydrogen) atoms. The van der Waals surface area contributed by atoms with Crippen LogP contribution >= 0.6 is 0 Å². The number of hydrogen-bond donors (Lipinski definition) is 2. The third-order valence-electron chi connectivity index (χ3n) is 2.97. The molecule has 1 aliphatic carbocycles. The van der Waals surface area contributed by atoms with Gasteiger partial charge in [-0.05, 0) is 24.7 Å². The summed E-state index contributed by atoms with van der Waals surface area (Å²) < 4.78 is 0. The van der Waals surface area contributed by atoms with Gasteiger partial charge < -0.3 is 10.2 Å². The van der Waals surface area contributed by atoms with Crippen molar-refractivity contribution >= 4 is 5.78 Å². The fourth-order valence-corrected chi connectivity index (χ4v) is 1.83. The molecule has 1 saturated carbocycles. The zero-order valence-corrected chi connectivity index (χ0v) is 8.50. The first-order chi connectivity index (χ1) is 5.79. The van der Waals surface area contributed by atoms with Gasteiger partial charge in [-0.3, -0.25) is 4.79 Å². The maximum Gasteiger partial charge on any atom is 0.193 e. The Balaban J connectivity index is 2.95. The average molecular weight is 186 g/mol. The summed E-state index contributed by atoms with van der Waals surface area (Å²) >= 11 is 0. The Morgan fingerprint density at radius 1 is 1.46 bits per heavy atom. The maximum absolute atomic E-state index is 11.6. The van der Waals surface area contributed by atoms with Crippen LogP contribution in [-0.2, 0) is 4.79 Å². The average Bonchev–Trinajstić information content (AvgIpc) is 1.98. The number of carbonyl (C=O) groups excluding carboxylic acids is 1. The summed E-state index contributed by atoms with van der Waals surface area (Å²) in [6, 6.07) is 0. The van der Waals surface area contributed by atoms with Gasteiger partial charge in [0, 0.05) is 0 Å². The second kappa shape index (κ2) is 3.07. The molecule has 0 aromatic rings. The second-order valence-electron chi connectivity index (χ2n) is 4.88. The van der Waals surface area contributed by atoms with Gasteiger partial charge in [-0.2, -0.15) is 0 Å². The van der Waals surface area contributed by atoms with E-state index in [1.54, 1.807) is 0 Å². The lowest BCUT2D eigenvalue weighted by Crippen LogP contribution is -2.56. The van der Waals surface area contributed by atoms with Crippen molar-refractivity contribution in [2.45, 2.75) is 51.7 Å². The molecule has 3 nitrogen and oxygen atoms in total. The molecule has 1 fully saturated rings. The van der Waals surface area contributed by atoms with Gasteiger partial charge in [0.15, 0.2) is 5.78 Å². The van der Waals surface area contributed by atoms with Crippen LogP contribution in [0, 0.1) is 5.41 Å². The molecule has 0 saturated heterocycles. The number of carbonyl (C=O) groups is 1. The van der Waals surface area contributed by atoms with Crippen molar-refractivity contribution in [1.29, 1.82) is 0 Å². The Bertz CT molecular complexity index is 217. The molecule has 0 aliphatic heterocycles. The molecule has 0 aromatic carbocycles. The number of aliphatic hydroxyl groups excluding tert-OH is 1. The lowest BCUT2D eigenvalue weighted by Gasteiger charge is -2.42. The van der Waals surface area contributed by atoms with Gasteiger partial charge in [-0.15, -0.1) is 0 Å². The van der Waals surface area contributed by atoms with Crippen molar-refractivity contribution < 1.29 is 15.0 Å². The maximum atomic E-state index is 11.6. The molecule has 0 bridgehead atoms. The monoisotopic (exact) mass is 186 g/mol. The number of aliphatic hydroxyl groups is 2. The smallest absolute Gasteiger partial charge is 0.193 e. The fraction of sp³-hybridized carbons (Fsp3) is 0.900. The van der Waals surface area contributed by atoms with Crippen molar-refractivity contribution in [3.8, 4) is 0 Å². The summed E-state index contributed by atoms with van der Waals surface area (Å²) in [4.78, 5) is 11.6. The number of Topliss-reactive ketones (excluding diaryl/α,β-unsaturated/α-hetero) is 1. The second-order valence-corrected chi connectivity index (χ2v) is 4.88. The van der Waals surface area contributed by atoms with E-state index in [9.17, 15) is 15.0 Å². The van der Waals surface area contributed by atoms with Gasteiger partial charge in [0.05, 0.1) is 0 Å². The third kappa shape index (κ3) is 1.63. The van der Waals surface area contributed by atoms with E-state index in [1.807, 2.05) is 20.8 Å². The van der Waals surface area contributed by atoms with E-state index >= 15 is 0 Å². The lowest BCUT2D eigenvalue weighted by molar-refractivity contribution is -0.165. The summed E-state index contributed by atoms with van der Waals surface area (Å²) in [6.45, 7) is 5.47.